The summed E-state index contributed by atoms with van der Waals surface area (Å²) in [6, 6.07) is 12.0. The topological polar surface area (TPSA) is 155 Å². The van der Waals surface area contributed by atoms with Gasteiger partial charge in [-0.3, -0.25) is 34.8 Å². The maximum Gasteiger partial charge on any atom is 0.318 e. The second-order valence-corrected chi connectivity index (χ2v) is 14.0. The third-order valence-corrected chi connectivity index (χ3v) is 9.90. The van der Waals surface area contributed by atoms with Crippen LogP contribution >= 0.6 is 22.6 Å². The summed E-state index contributed by atoms with van der Waals surface area (Å²) in [6.07, 6.45) is 13.6. The van der Waals surface area contributed by atoms with Crippen LogP contribution in [0.2, 0.25) is 0 Å². The lowest BCUT2D eigenvalue weighted by Crippen LogP contribution is -2.44. The number of aromatic hydroxyl groups is 1. The molecule has 1 aliphatic heterocycles. The fourth-order valence-corrected chi connectivity index (χ4v) is 7.31. The zero-order valence-electron chi connectivity index (χ0n) is 28.3. The van der Waals surface area contributed by atoms with Crippen LogP contribution in [0, 0.1) is 11.8 Å². The van der Waals surface area contributed by atoms with E-state index in [1.165, 1.54) is 6.08 Å². The highest BCUT2D eigenvalue weighted by molar-refractivity contribution is 14.1. The average Bonchev–Trinajstić information content (AvgIpc) is 3.87. The van der Waals surface area contributed by atoms with Crippen molar-refractivity contribution in [2.75, 3.05) is 17.7 Å². The SMILES string of the molecule is O=C(/C=C/c1ccc2c(c1)[C@H](C(=O)OCI)[C@@H](c1ccc(O)cc1)O2)NCCCCN=C(NC(=O)CC1CCCC1)NC(=O)CC1CCCC1. The second kappa shape index (κ2) is 18.9. The average molecular weight is 799 g/mol. The van der Waals surface area contributed by atoms with Gasteiger partial charge >= 0.3 is 5.97 Å². The number of carbonyl (C=O) groups is 4. The maximum absolute atomic E-state index is 13.0. The maximum atomic E-state index is 13.0. The number of phenolic OH excluding ortho intramolecular Hbond substituents is 1. The zero-order valence-corrected chi connectivity index (χ0v) is 30.5. The van der Waals surface area contributed by atoms with Crippen molar-refractivity contribution in [2.24, 2.45) is 16.8 Å². The number of alkyl halides is 1. The molecule has 2 atom stereocenters. The number of guanidine groups is 1. The van der Waals surface area contributed by atoms with E-state index in [0.717, 1.165) is 62.5 Å². The summed E-state index contributed by atoms with van der Waals surface area (Å²) in [7, 11) is 0. The molecule has 5 rings (SSSR count). The monoisotopic (exact) mass is 798 g/mol. The smallest absolute Gasteiger partial charge is 0.318 e. The third-order valence-electron chi connectivity index (χ3n) is 9.59. The first-order valence-corrected chi connectivity index (χ1v) is 19.2. The molecule has 50 heavy (non-hydrogen) atoms. The Kier molecular flexibility index (Phi) is 14.1. The fraction of sp³-hybridized carbons (Fsp3) is 0.500. The highest BCUT2D eigenvalue weighted by Crippen LogP contribution is 2.47. The largest absolute Gasteiger partial charge is 0.508 e. The Bertz CT molecular complexity index is 1510. The summed E-state index contributed by atoms with van der Waals surface area (Å²) in [5.41, 5.74) is 2.14. The van der Waals surface area contributed by atoms with E-state index in [4.69, 9.17) is 9.47 Å². The molecule has 3 amide bonds. The van der Waals surface area contributed by atoms with E-state index in [2.05, 4.69) is 20.9 Å². The number of unbranched alkanes of at least 4 members (excludes halogenated alkanes) is 1. The van der Waals surface area contributed by atoms with Gasteiger partial charge in [0.05, 0.1) is 0 Å². The molecule has 0 unspecified atom stereocenters. The van der Waals surface area contributed by atoms with Crippen molar-refractivity contribution < 1.29 is 33.8 Å². The number of nitrogens with zero attached hydrogens (tertiary/aromatic N) is 1. The van der Waals surface area contributed by atoms with Crippen molar-refractivity contribution in [3.63, 3.8) is 0 Å². The Morgan fingerprint density at radius 2 is 1.54 bits per heavy atom. The predicted octanol–water partition coefficient (Wildman–Crippen LogP) is 6.20. The minimum Gasteiger partial charge on any atom is -0.508 e. The van der Waals surface area contributed by atoms with Crippen LogP contribution in [0.4, 0.5) is 0 Å². The Morgan fingerprint density at radius 1 is 0.900 bits per heavy atom. The van der Waals surface area contributed by atoms with Gasteiger partial charge in [-0.25, -0.2) is 0 Å². The van der Waals surface area contributed by atoms with Gasteiger partial charge in [-0.2, -0.15) is 0 Å². The van der Waals surface area contributed by atoms with Gasteiger partial charge in [0.25, 0.3) is 0 Å². The lowest BCUT2D eigenvalue weighted by Gasteiger charge is -2.18. The lowest BCUT2D eigenvalue weighted by atomic mass is 9.90. The van der Waals surface area contributed by atoms with Crippen LogP contribution in [-0.2, 0) is 23.9 Å². The molecule has 4 N–H and O–H groups in total. The van der Waals surface area contributed by atoms with E-state index in [9.17, 15) is 24.3 Å². The van der Waals surface area contributed by atoms with Crippen LogP contribution in [0.1, 0.15) is 106 Å². The molecule has 2 fully saturated rings. The molecule has 1 heterocycles. The number of fused-ring (bicyclic) bond motifs is 1. The van der Waals surface area contributed by atoms with Crippen molar-refractivity contribution in [2.45, 2.75) is 89.1 Å². The summed E-state index contributed by atoms with van der Waals surface area (Å²) in [5, 5.41) is 18.3. The van der Waals surface area contributed by atoms with Crippen LogP contribution in [0.5, 0.6) is 11.5 Å². The molecule has 0 saturated heterocycles. The van der Waals surface area contributed by atoms with Crippen molar-refractivity contribution in [1.82, 2.24) is 16.0 Å². The molecule has 12 heteroatoms. The standard InChI is InChI=1S/C38H47IN4O7/c39-24-49-37(48)35-30-21-27(11-17-31(30)50-36(35)28-13-15-29(44)16-14-28)12-18-32(45)40-19-5-6-20-41-38(42-33(46)22-25-7-1-2-8-25)43-34(47)23-26-9-3-4-10-26/h11-18,21,25-26,35-36,44H,1-10,19-20,22-24H2,(H,40,45)(H2,41,42,43,46,47)/b18-12+/t35-,36+/m0/s1. The number of ether oxygens (including phenoxy) is 2. The molecule has 0 radical (unpaired) electrons. The van der Waals surface area contributed by atoms with Gasteiger partial charge in [0.15, 0.2) is 0 Å². The van der Waals surface area contributed by atoms with Gasteiger partial charge in [0.1, 0.15) is 28.1 Å². The number of carbonyl (C=O) groups excluding carboxylic acids is 4. The Labute approximate surface area is 307 Å². The molecular formula is C38H47IN4O7. The predicted molar refractivity (Wildman–Crippen MR) is 199 cm³/mol. The molecule has 268 valence electrons. The normalized spacial score (nSPS) is 18.7. The van der Waals surface area contributed by atoms with E-state index in [-0.39, 0.29) is 34.0 Å². The van der Waals surface area contributed by atoms with Crippen molar-refractivity contribution in [3.05, 3.63) is 65.2 Å². The molecule has 2 aromatic carbocycles. The highest BCUT2D eigenvalue weighted by atomic mass is 127. The van der Waals surface area contributed by atoms with Crippen LogP contribution in [-0.4, -0.2) is 52.5 Å². The molecule has 2 saturated carbocycles. The molecule has 2 aromatic rings. The van der Waals surface area contributed by atoms with Crippen LogP contribution in [0.15, 0.2) is 53.5 Å². The number of esters is 1. The van der Waals surface area contributed by atoms with E-state index in [0.29, 0.717) is 61.9 Å². The molecule has 3 aliphatic rings. The fourth-order valence-electron chi connectivity index (χ4n) is 7.01. The van der Waals surface area contributed by atoms with E-state index >= 15 is 0 Å². The van der Waals surface area contributed by atoms with E-state index in [1.807, 2.05) is 34.7 Å². The van der Waals surface area contributed by atoms with Crippen molar-refractivity contribution in [3.8, 4) is 11.5 Å². The van der Waals surface area contributed by atoms with Crippen LogP contribution < -0.4 is 20.7 Å². The number of aliphatic imine (C=N–C) groups is 1. The van der Waals surface area contributed by atoms with Crippen molar-refractivity contribution in [1.29, 1.82) is 0 Å². The first-order chi connectivity index (χ1) is 24.3. The van der Waals surface area contributed by atoms with Gasteiger partial charge in [-0.1, -0.05) is 43.9 Å². The van der Waals surface area contributed by atoms with Crippen molar-refractivity contribution >= 4 is 58.3 Å². The zero-order chi connectivity index (χ0) is 35.3. The number of benzene rings is 2. The third kappa shape index (κ3) is 11.0. The minimum atomic E-state index is -0.698. The molecule has 0 spiro atoms. The summed E-state index contributed by atoms with van der Waals surface area (Å²) in [6.45, 7) is 0.838. The summed E-state index contributed by atoms with van der Waals surface area (Å²) >= 11 is 1.98. The van der Waals surface area contributed by atoms with Gasteiger partial charge in [0.2, 0.25) is 23.7 Å². The van der Waals surface area contributed by atoms with Gasteiger partial charge < -0.3 is 19.9 Å². The number of rotatable bonds is 14. The van der Waals surface area contributed by atoms with Gasteiger partial charge in [-0.05, 0) is 114 Å². The summed E-state index contributed by atoms with van der Waals surface area (Å²) in [4.78, 5) is 55.5. The van der Waals surface area contributed by atoms with Gasteiger partial charge in [-0.15, -0.1) is 0 Å². The molecule has 11 nitrogen and oxygen atoms in total. The number of phenols is 1. The van der Waals surface area contributed by atoms with Crippen LogP contribution in [0.25, 0.3) is 6.08 Å². The highest BCUT2D eigenvalue weighted by Gasteiger charge is 2.41. The minimum absolute atomic E-state index is 0.111. The first kappa shape index (κ1) is 37.3. The summed E-state index contributed by atoms with van der Waals surface area (Å²) in [5.74, 6) is 0.103. The Balaban J connectivity index is 1.10. The molecule has 2 aliphatic carbocycles. The number of amides is 3. The van der Waals surface area contributed by atoms with Crippen LogP contribution in [0.3, 0.4) is 0 Å². The molecule has 0 bridgehead atoms. The lowest BCUT2D eigenvalue weighted by molar-refractivity contribution is -0.144. The first-order valence-electron chi connectivity index (χ1n) is 17.7. The summed E-state index contributed by atoms with van der Waals surface area (Å²) < 4.78 is 11.7. The second-order valence-electron chi connectivity index (χ2n) is 13.3. The number of hydrogen-bond acceptors (Lipinski definition) is 8. The molecule has 0 aromatic heterocycles. The number of hydrogen-bond donors (Lipinski definition) is 4. The van der Waals surface area contributed by atoms with Gasteiger partial charge in [0, 0.05) is 37.6 Å². The Hall–Kier alpha value is -3.94. The Morgan fingerprint density at radius 3 is 2.16 bits per heavy atom. The molecular weight excluding hydrogens is 751 g/mol. The quantitative estimate of drug-likeness (QED) is 0.0337. The van der Waals surface area contributed by atoms with E-state index in [1.54, 1.807) is 36.4 Å². The van der Waals surface area contributed by atoms with E-state index < -0.39 is 18.0 Å². The number of nitrogens with one attached hydrogen (secondary N) is 3. The number of halogens is 1.